The minimum Gasteiger partial charge on any atom is -0.493 e. The average molecular weight is 498 g/mol. The van der Waals surface area contributed by atoms with Gasteiger partial charge in [0.1, 0.15) is 0 Å². The van der Waals surface area contributed by atoms with E-state index in [1.54, 1.807) is 6.07 Å². The summed E-state index contributed by atoms with van der Waals surface area (Å²) in [7, 11) is 2.93. The zero-order valence-corrected chi connectivity index (χ0v) is 20.9. The number of nitrogens with one attached hydrogen (secondary N) is 2. The molecule has 10 nitrogen and oxygen atoms in total. The highest BCUT2D eigenvalue weighted by atomic mass is 16.5. The van der Waals surface area contributed by atoms with Crippen molar-refractivity contribution in [1.29, 1.82) is 0 Å². The fraction of sp³-hybridized carbons (Fsp3) is 0.385. The van der Waals surface area contributed by atoms with Crippen molar-refractivity contribution >= 4 is 29.4 Å². The summed E-state index contributed by atoms with van der Waals surface area (Å²) in [6.45, 7) is 3.47. The number of para-hydroxylation sites is 1. The van der Waals surface area contributed by atoms with Crippen molar-refractivity contribution in [2.75, 3.05) is 32.7 Å². The quantitative estimate of drug-likeness (QED) is 0.484. The predicted octanol–water partition coefficient (Wildman–Crippen LogP) is 2.50. The Balaban J connectivity index is 1.54. The summed E-state index contributed by atoms with van der Waals surface area (Å²) < 4.78 is 15.5. The summed E-state index contributed by atoms with van der Waals surface area (Å²) in [4.78, 5) is 50.0. The molecule has 0 aliphatic carbocycles. The molecule has 3 rings (SSSR count). The number of esters is 1. The number of benzene rings is 2. The van der Waals surface area contributed by atoms with Crippen molar-refractivity contribution in [3.05, 3.63) is 53.1 Å². The molecule has 0 spiro atoms. The minimum absolute atomic E-state index is 0.0586. The first-order valence-electron chi connectivity index (χ1n) is 11.7. The number of methoxy groups -OCH3 is 2. The Morgan fingerprint density at radius 2 is 1.67 bits per heavy atom. The molecule has 1 fully saturated rings. The first kappa shape index (κ1) is 26.5. The van der Waals surface area contributed by atoms with Gasteiger partial charge in [-0.2, -0.15) is 0 Å². The maximum absolute atomic E-state index is 12.6. The summed E-state index contributed by atoms with van der Waals surface area (Å²) in [5.74, 6) is -2.08. The smallest absolute Gasteiger partial charge is 0.311 e. The third kappa shape index (κ3) is 6.12. The van der Waals surface area contributed by atoms with E-state index >= 15 is 0 Å². The van der Waals surface area contributed by atoms with E-state index in [4.69, 9.17) is 14.2 Å². The molecule has 1 aliphatic heterocycles. The summed E-state index contributed by atoms with van der Waals surface area (Å²) in [6.07, 6.45) is 1.36. The number of rotatable bonds is 10. The van der Waals surface area contributed by atoms with Gasteiger partial charge in [-0.1, -0.05) is 32.0 Å². The Hall–Kier alpha value is -4.08. The minimum atomic E-state index is -0.801. The SMILES string of the molecule is CCc1cccc(CC)c1NC(=O)COC(=O)[C@H]1CC(=O)N(NC(=O)c2ccc(OC)c(OC)c2)C1. The van der Waals surface area contributed by atoms with Crippen LogP contribution in [0.3, 0.4) is 0 Å². The molecular weight excluding hydrogens is 466 g/mol. The Labute approximate surface area is 209 Å². The van der Waals surface area contributed by atoms with E-state index in [1.807, 2.05) is 32.0 Å². The van der Waals surface area contributed by atoms with Gasteiger partial charge in [0.15, 0.2) is 18.1 Å². The average Bonchev–Trinajstić information content (AvgIpc) is 3.26. The highest BCUT2D eigenvalue weighted by Gasteiger charge is 2.37. The van der Waals surface area contributed by atoms with Gasteiger partial charge >= 0.3 is 5.97 Å². The van der Waals surface area contributed by atoms with Crippen molar-refractivity contribution in [2.45, 2.75) is 33.1 Å². The summed E-state index contributed by atoms with van der Waals surface area (Å²) in [6, 6.07) is 10.4. The maximum Gasteiger partial charge on any atom is 0.311 e. The lowest BCUT2D eigenvalue weighted by Gasteiger charge is -2.18. The Morgan fingerprint density at radius 1 is 1.00 bits per heavy atom. The van der Waals surface area contributed by atoms with Crippen molar-refractivity contribution < 1.29 is 33.4 Å². The number of hydrazine groups is 1. The van der Waals surface area contributed by atoms with Crippen LogP contribution in [-0.4, -0.2) is 56.1 Å². The zero-order chi connectivity index (χ0) is 26.2. The molecule has 1 saturated heterocycles. The highest BCUT2D eigenvalue weighted by Crippen LogP contribution is 2.28. The lowest BCUT2D eigenvalue weighted by molar-refractivity contribution is -0.151. The second-order valence-electron chi connectivity index (χ2n) is 8.23. The lowest BCUT2D eigenvalue weighted by Crippen LogP contribution is -2.43. The number of aryl methyl sites for hydroxylation is 2. The monoisotopic (exact) mass is 497 g/mol. The first-order chi connectivity index (χ1) is 17.3. The van der Waals surface area contributed by atoms with Crippen molar-refractivity contribution in [3.8, 4) is 11.5 Å². The van der Waals surface area contributed by atoms with Crippen LogP contribution in [0.4, 0.5) is 5.69 Å². The van der Waals surface area contributed by atoms with Gasteiger partial charge in [0.25, 0.3) is 11.8 Å². The number of nitrogens with zero attached hydrogens (tertiary/aromatic N) is 1. The fourth-order valence-electron chi connectivity index (χ4n) is 3.97. The third-order valence-electron chi connectivity index (χ3n) is 5.95. The van der Waals surface area contributed by atoms with Crippen LogP contribution in [0.25, 0.3) is 0 Å². The van der Waals surface area contributed by atoms with Crippen LogP contribution in [0, 0.1) is 5.92 Å². The molecule has 1 atom stereocenters. The van der Waals surface area contributed by atoms with E-state index in [0.717, 1.165) is 34.7 Å². The molecule has 0 bridgehead atoms. The van der Waals surface area contributed by atoms with Gasteiger partial charge in [-0.05, 0) is 42.2 Å². The van der Waals surface area contributed by atoms with Crippen LogP contribution in [0.5, 0.6) is 11.5 Å². The third-order valence-corrected chi connectivity index (χ3v) is 5.95. The molecule has 0 saturated carbocycles. The number of amides is 3. The Bertz CT molecular complexity index is 1130. The van der Waals surface area contributed by atoms with Crippen LogP contribution in [0.2, 0.25) is 0 Å². The molecule has 1 aliphatic rings. The molecule has 192 valence electrons. The topological polar surface area (TPSA) is 123 Å². The predicted molar refractivity (Wildman–Crippen MR) is 132 cm³/mol. The number of ether oxygens (including phenoxy) is 3. The van der Waals surface area contributed by atoms with E-state index in [2.05, 4.69) is 10.7 Å². The van der Waals surface area contributed by atoms with E-state index in [1.165, 1.54) is 26.4 Å². The summed E-state index contributed by atoms with van der Waals surface area (Å²) in [5, 5.41) is 3.92. The first-order valence-corrected chi connectivity index (χ1v) is 11.7. The van der Waals surface area contributed by atoms with Crippen molar-refractivity contribution in [1.82, 2.24) is 10.4 Å². The number of anilines is 1. The summed E-state index contributed by atoms with van der Waals surface area (Å²) >= 11 is 0. The molecule has 2 aromatic carbocycles. The zero-order valence-electron chi connectivity index (χ0n) is 20.9. The van der Waals surface area contributed by atoms with Gasteiger partial charge in [-0.15, -0.1) is 0 Å². The number of carbonyl (C=O) groups is 4. The molecule has 2 aromatic rings. The summed E-state index contributed by atoms with van der Waals surface area (Å²) in [5.41, 5.74) is 5.49. The van der Waals surface area contributed by atoms with E-state index in [0.29, 0.717) is 11.5 Å². The maximum atomic E-state index is 12.6. The van der Waals surface area contributed by atoms with E-state index < -0.39 is 36.2 Å². The Kier molecular flexibility index (Phi) is 8.88. The molecule has 2 N–H and O–H groups in total. The molecule has 10 heteroatoms. The number of carbonyl (C=O) groups excluding carboxylic acids is 4. The second-order valence-corrected chi connectivity index (χ2v) is 8.23. The fourth-order valence-corrected chi connectivity index (χ4v) is 3.97. The Morgan fingerprint density at radius 3 is 2.28 bits per heavy atom. The molecule has 0 radical (unpaired) electrons. The number of hydrogen-bond donors (Lipinski definition) is 2. The molecule has 3 amide bonds. The normalized spacial score (nSPS) is 14.8. The largest absolute Gasteiger partial charge is 0.493 e. The van der Waals surface area contributed by atoms with Gasteiger partial charge in [0.05, 0.1) is 26.7 Å². The molecule has 1 heterocycles. The molecule has 0 aromatic heterocycles. The number of hydrogen-bond acceptors (Lipinski definition) is 7. The standard InChI is InChI=1S/C26H31N3O7/c1-5-16-8-7-9-17(6-2)24(16)27-22(30)15-36-26(33)19-13-23(31)29(14-19)28-25(32)18-10-11-20(34-3)21(12-18)35-4/h7-12,19H,5-6,13-15H2,1-4H3,(H,27,30)(H,28,32)/t19-/m0/s1. The van der Waals surface area contributed by atoms with Crippen LogP contribution in [0.1, 0.15) is 41.8 Å². The van der Waals surface area contributed by atoms with E-state index in [-0.39, 0.29) is 18.5 Å². The molecule has 0 unspecified atom stereocenters. The van der Waals surface area contributed by atoms with E-state index in [9.17, 15) is 19.2 Å². The van der Waals surface area contributed by atoms with Crippen molar-refractivity contribution in [3.63, 3.8) is 0 Å². The van der Waals surface area contributed by atoms with Gasteiger partial charge in [-0.3, -0.25) is 29.6 Å². The van der Waals surface area contributed by atoms with Crippen LogP contribution >= 0.6 is 0 Å². The van der Waals surface area contributed by atoms with Gasteiger partial charge in [-0.25, -0.2) is 0 Å². The highest BCUT2D eigenvalue weighted by molar-refractivity contribution is 5.97. The molecule has 36 heavy (non-hydrogen) atoms. The van der Waals surface area contributed by atoms with Crippen molar-refractivity contribution in [2.24, 2.45) is 5.92 Å². The van der Waals surface area contributed by atoms with Gasteiger partial charge in [0, 0.05) is 17.7 Å². The van der Waals surface area contributed by atoms with Crippen LogP contribution in [0.15, 0.2) is 36.4 Å². The van der Waals surface area contributed by atoms with Crippen LogP contribution < -0.4 is 20.2 Å². The van der Waals surface area contributed by atoms with Gasteiger partial charge < -0.3 is 19.5 Å². The molecular formula is C26H31N3O7. The van der Waals surface area contributed by atoms with Crippen LogP contribution in [-0.2, 0) is 32.0 Å². The van der Waals surface area contributed by atoms with Gasteiger partial charge in [0.2, 0.25) is 5.91 Å². The lowest BCUT2D eigenvalue weighted by atomic mass is 10.0. The second kappa shape index (κ2) is 12.1.